The zero-order chi connectivity index (χ0) is 26.4. The van der Waals surface area contributed by atoms with Gasteiger partial charge >= 0.3 is 0 Å². The first-order valence-electron chi connectivity index (χ1n) is 13.2. The van der Waals surface area contributed by atoms with Crippen LogP contribution in [0.25, 0.3) is 22.6 Å². The number of methoxy groups -OCH3 is 1. The molecule has 1 unspecified atom stereocenters. The third-order valence-corrected chi connectivity index (χ3v) is 6.76. The molecule has 3 aromatic carbocycles. The van der Waals surface area contributed by atoms with Crippen LogP contribution in [0.2, 0.25) is 0 Å². The molecule has 1 N–H and O–H groups in total. The van der Waals surface area contributed by atoms with E-state index in [1.807, 2.05) is 59.2 Å². The fourth-order valence-electron chi connectivity index (χ4n) is 4.78. The summed E-state index contributed by atoms with van der Waals surface area (Å²) in [7, 11) is 1.66. The zero-order valence-electron chi connectivity index (χ0n) is 22.5. The molecule has 0 saturated heterocycles. The number of ether oxygens (including phenoxy) is 1. The van der Waals surface area contributed by atoms with Gasteiger partial charge in [0.2, 0.25) is 0 Å². The molecule has 1 aromatic heterocycles. The molecule has 5 nitrogen and oxygen atoms in total. The molecule has 37 heavy (non-hydrogen) atoms. The number of nitrogens with zero attached hydrogens (tertiary/aromatic N) is 2. The van der Waals surface area contributed by atoms with Crippen LogP contribution in [-0.4, -0.2) is 22.6 Å². The minimum absolute atomic E-state index is 0.0872. The van der Waals surface area contributed by atoms with Crippen molar-refractivity contribution in [3.05, 3.63) is 95.7 Å². The Hall–Kier alpha value is -3.86. The Balaban J connectivity index is 1.91. The summed E-state index contributed by atoms with van der Waals surface area (Å²) >= 11 is 0. The average Bonchev–Trinajstić information content (AvgIpc) is 3.33. The van der Waals surface area contributed by atoms with Gasteiger partial charge in [-0.3, -0.25) is 4.79 Å². The highest BCUT2D eigenvalue weighted by atomic mass is 16.5. The van der Waals surface area contributed by atoms with Crippen molar-refractivity contribution in [3.8, 4) is 28.4 Å². The number of aromatic nitrogens is 2. The lowest BCUT2D eigenvalue weighted by Crippen LogP contribution is -2.30. The van der Waals surface area contributed by atoms with E-state index in [4.69, 9.17) is 9.72 Å². The topological polar surface area (TPSA) is 56.1 Å². The number of nitrogens with one attached hydrogen (secondary N) is 1. The molecular weight excluding hydrogens is 458 g/mol. The van der Waals surface area contributed by atoms with Crippen LogP contribution in [-0.2, 0) is 6.54 Å². The highest BCUT2D eigenvalue weighted by Gasteiger charge is 2.28. The highest BCUT2D eigenvalue weighted by Crippen LogP contribution is 2.37. The first-order chi connectivity index (χ1) is 18.0. The van der Waals surface area contributed by atoms with Gasteiger partial charge < -0.3 is 14.6 Å². The van der Waals surface area contributed by atoms with Gasteiger partial charge in [-0.05, 0) is 42.5 Å². The van der Waals surface area contributed by atoms with Crippen LogP contribution in [0.4, 0.5) is 0 Å². The minimum Gasteiger partial charge on any atom is -0.496 e. The van der Waals surface area contributed by atoms with Crippen molar-refractivity contribution in [2.75, 3.05) is 7.11 Å². The van der Waals surface area contributed by atoms with Crippen LogP contribution in [0.3, 0.4) is 0 Å². The normalized spacial score (nSPS) is 11.9. The predicted molar refractivity (Wildman–Crippen MR) is 151 cm³/mol. The van der Waals surface area contributed by atoms with Crippen LogP contribution in [0.5, 0.6) is 5.75 Å². The predicted octanol–water partition coefficient (Wildman–Crippen LogP) is 7.64. The second-order valence-corrected chi connectivity index (χ2v) is 9.58. The number of hydrogen-bond donors (Lipinski definition) is 1. The summed E-state index contributed by atoms with van der Waals surface area (Å²) in [6, 6.07) is 26.3. The summed E-state index contributed by atoms with van der Waals surface area (Å²) in [6.07, 6.45) is 1.81. The van der Waals surface area contributed by atoms with Crippen molar-refractivity contribution < 1.29 is 9.53 Å². The Morgan fingerprint density at radius 1 is 0.946 bits per heavy atom. The van der Waals surface area contributed by atoms with E-state index in [9.17, 15) is 4.79 Å². The van der Waals surface area contributed by atoms with Gasteiger partial charge in [0.15, 0.2) is 0 Å². The zero-order valence-corrected chi connectivity index (χ0v) is 22.5. The van der Waals surface area contributed by atoms with E-state index < -0.39 is 0 Å². The standard InChI is InChI=1S/C32H37N3O2/c1-6-14-27(23-15-10-8-11-16-23)33-32(36)30-29(26-21-25(22(3)4)19-20-28(26)37-5)34-31(35(30)7-2)24-17-12-9-13-18-24/h8-13,15-22,27H,6-7,14H2,1-5H3,(H,33,36). The number of amides is 1. The summed E-state index contributed by atoms with van der Waals surface area (Å²) in [4.78, 5) is 19.2. The summed E-state index contributed by atoms with van der Waals surface area (Å²) in [5.74, 6) is 1.67. The maximum Gasteiger partial charge on any atom is 0.270 e. The monoisotopic (exact) mass is 495 g/mol. The smallest absolute Gasteiger partial charge is 0.270 e. The first kappa shape index (κ1) is 26.2. The third kappa shape index (κ3) is 5.61. The van der Waals surface area contributed by atoms with E-state index in [1.165, 1.54) is 5.56 Å². The van der Waals surface area contributed by atoms with Crippen molar-refractivity contribution in [1.29, 1.82) is 0 Å². The summed E-state index contributed by atoms with van der Waals surface area (Å²) in [6.45, 7) is 9.12. The maximum atomic E-state index is 14.1. The van der Waals surface area contributed by atoms with E-state index >= 15 is 0 Å². The minimum atomic E-state index is -0.133. The summed E-state index contributed by atoms with van der Waals surface area (Å²) < 4.78 is 7.79. The molecule has 0 saturated carbocycles. The van der Waals surface area contributed by atoms with Gasteiger partial charge in [-0.25, -0.2) is 4.98 Å². The molecule has 1 heterocycles. The lowest BCUT2D eigenvalue weighted by Gasteiger charge is -2.20. The molecule has 0 bridgehead atoms. The number of carbonyl (C=O) groups excluding carboxylic acids is 1. The summed E-state index contributed by atoms with van der Waals surface area (Å²) in [5, 5.41) is 3.33. The molecule has 0 spiro atoms. The second kappa shape index (κ2) is 11.9. The van der Waals surface area contributed by atoms with Gasteiger partial charge in [0.25, 0.3) is 5.91 Å². The third-order valence-electron chi connectivity index (χ3n) is 6.76. The van der Waals surface area contributed by atoms with Crippen LogP contribution >= 0.6 is 0 Å². The van der Waals surface area contributed by atoms with Crippen molar-refractivity contribution in [2.24, 2.45) is 0 Å². The number of imidazole rings is 1. The molecular formula is C32H37N3O2. The van der Waals surface area contributed by atoms with Crippen LogP contribution < -0.4 is 10.1 Å². The molecule has 4 aromatic rings. The van der Waals surface area contributed by atoms with Crippen molar-refractivity contribution in [1.82, 2.24) is 14.9 Å². The highest BCUT2D eigenvalue weighted by molar-refractivity contribution is 6.00. The Bertz CT molecular complexity index is 1330. The Labute approximate surface area is 220 Å². The molecule has 0 aliphatic rings. The Morgan fingerprint density at radius 2 is 1.62 bits per heavy atom. The van der Waals surface area contributed by atoms with E-state index in [-0.39, 0.29) is 11.9 Å². The second-order valence-electron chi connectivity index (χ2n) is 9.58. The van der Waals surface area contributed by atoms with E-state index in [2.05, 4.69) is 57.3 Å². The number of carbonyl (C=O) groups is 1. The van der Waals surface area contributed by atoms with Crippen LogP contribution in [0, 0.1) is 0 Å². The van der Waals surface area contributed by atoms with Crippen LogP contribution in [0.1, 0.15) is 74.1 Å². The van der Waals surface area contributed by atoms with E-state index in [0.29, 0.717) is 29.6 Å². The molecule has 0 radical (unpaired) electrons. The van der Waals surface area contributed by atoms with Crippen molar-refractivity contribution in [2.45, 2.75) is 59.0 Å². The van der Waals surface area contributed by atoms with Gasteiger partial charge in [0.1, 0.15) is 23.0 Å². The van der Waals surface area contributed by atoms with E-state index in [1.54, 1.807) is 7.11 Å². The molecule has 0 fully saturated rings. The van der Waals surface area contributed by atoms with Gasteiger partial charge in [0, 0.05) is 17.7 Å². The molecule has 0 aliphatic carbocycles. The molecule has 5 heteroatoms. The Kier molecular flexibility index (Phi) is 8.44. The number of benzene rings is 3. The lowest BCUT2D eigenvalue weighted by molar-refractivity contribution is 0.0926. The largest absolute Gasteiger partial charge is 0.496 e. The first-order valence-corrected chi connectivity index (χ1v) is 13.2. The maximum absolute atomic E-state index is 14.1. The van der Waals surface area contributed by atoms with Gasteiger partial charge in [-0.2, -0.15) is 0 Å². The Morgan fingerprint density at radius 3 is 2.22 bits per heavy atom. The molecule has 0 aliphatic heterocycles. The average molecular weight is 496 g/mol. The lowest BCUT2D eigenvalue weighted by atomic mass is 9.97. The van der Waals surface area contributed by atoms with Crippen LogP contribution in [0.15, 0.2) is 78.9 Å². The van der Waals surface area contributed by atoms with Gasteiger partial charge in [0.05, 0.1) is 13.2 Å². The number of rotatable bonds is 10. The quantitative estimate of drug-likeness (QED) is 0.246. The fourth-order valence-corrected chi connectivity index (χ4v) is 4.78. The fraction of sp³-hybridized carbons (Fsp3) is 0.312. The molecule has 4 rings (SSSR count). The molecule has 1 atom stereocenters. The molecule has 1 amide bonds. The van der Waals surface area contributed by atoms with E-state index in [0.717, 1.165) is 35.4 Å². The van der Waals surface area contributed by atoms with Crippen molar-refractivity contribution >= 4 is 5.91 Å². The van der Waals surface area contributed by atoms with Gasteiger partial charge in [-0.15, -0.1) is 0 Å². The number of hydrogen-bond acceptors (Lipinski definition) is 3. The van der Waals surface area contributed by atoms with Gasteiger partial charge in [-0.1, -0.05) is 93.9 Å². The summed E-state index contributed by atoms with van der Waals surface area (Å²) in [5.41, 5.74) is 5.26. The SMILES string of the molecule is CCCC(NC(=O)c1c(-c2cc(C(C)C)ccc2OC)nc(-c2ccccc2)n1CC)c1ccccc1. The van der Waals surface area contributed by atoms with Crippen molar-refractivity contribution in [3.63, 3.8) is 0 Å². The molecule has 192 valence electrons.